The van der Waals surface area contributed by atoms with Crippen LogP contribution in [0.3, 0.4) is 0 Å². The van der Waals surface area contributed by atoms with E-state index in [1.807, 2.05) is 38.1 Å². The molecule has 2 amide bonds. The molecule has 0 radical (unpaired) electrons. The maximum Gasteiger partial charge on any atom is 0.264 e. The van der Waals surface area contributed by atoms with Gasteiger partial charge < -0.3 is 10.2 Å². The van der Waals surface area contributed by atoms with Crippen LogP contribution in [0.5, 0.6) is 0 Å². The number of halogens is 1. The van der Waals surface area contributed by atoms with Gasteiger partial charge in [0.05, 0.1) is 10.6 Å². The second-order valence-electron chi connectivity index (χ2n) is 10.6. The van der Waals surface area contributed by atoms with Crippen molar-refractivity contribution in [3.63, 3.8) is 0 Å². The van der Waals surface area contributed by atoms with Gasteiger partial charge in [0.2, 0.25) is 11.8 Å². The van der Waals surface area contributed by atoms with Crippen molar-refractivity contribution in [3.8, 4) is 0 Å². The predicted molar refractivity (Wildman–Crippen MR) is 163 cm³/mol. The molecule has 1 aliphatic rings. The average Bonchev–Trinajstić information content (AvgIpc) is 3.47. The molecule has 0 bridgehead atoms. The summed E-state index contributed by atoms with van der Waals surface area (Å²) in [7, 11) is -4.15. The molecule has 218 valence electrons. The van der Waals surface area contributed by atoms with Crippen molar-refractivity contribution < 1.29 is 18.0 Å². The molecule has 7 nitrogen and oxygen atoms in total. The van der Waals surface area contributed by atoms with Gasteiger partial charge in [-0.3, -0.25) is 13.9 Å². The molecular formula is C32H38ClN3O4S. The first-order valence-corrected chi connectivity index (χ1v) is 15.9. The number of hydrogen-bond acceptors (Lipinski definition) is 4. The summed E-state index contributed by atoms with van der Waals surface area (Å²) < 4.78 is 29.1. The zero-order valence-corrected chi connectivity index (χ0v) is 25.4. The molecule has 1 fully saturated rings. The van der Waals surface area contributed by atoms with Crippen LogP contribution < -0.4 is 9.62 Å². The standard InChI is InChI=1S/C32H38ClN3O4S/c1-4-29(32(38)34-27-14-10-11-15-27)35(21-25-13-9-8-12-23(25)2)31(37)22-36(30-20-26(33)19-18-24(30)3)41(39,40)28-16-6-5-7-17-28/h5-9,12-13,16-20,27,29H,4,10-11,14-15,21-22H2,1-3H3,(H,34,38)/t29-/m1/s1. The lowest BCUT2D eigenvalue weighted by Crippen LogP contribution is -2.53. The van der Waals surface area contributed by atoms with Crippen LogP contribution in [0.2, 0.25) is 5.02 Å². The fraction of sp³-hybridized carbons (Fsp3) is 0.375. The number of aryl methyl sites for hydroxylation is 2. The maximum absolute atomic E-state index is 14.3. The molecule has 1 N–H and O–H groups in total. The molecule has 0 saturated heterocycles. The topological polar surface area (TPSA) is 86.8 Å². The van der Waals surface area contributed by atoms with Gasteiger partial charge in [-0.05, 0) is 74.1 Å². The van der Waals surface area contributed by atoms with Gasteiger partial charge in [0.25, 0.3) is 10.0 Å². The third-order valence-electron chi connectivity index (χ3n) is 7.74. The molecule has 0 heterocycles. The van der Waals surface area contributed by atoms with Crippen molar-refractivity contribution in [2.75, 3.05) is 10.8 Å². The van der Waals surface area contributed by atoms with E-state index in [4.69, 9.17) is 11.6 Å². The van der Waals surface area contributed by atoms with Crippen molar-refractivity contribution >= 4 is 39.1 Å². The first-order valence-electron chi connectivity index (χ1n) is 14.1. The molecule has 1 saturated carbocycles. The summed E-state index contributed by atoms with van der Waals surface area (Å²) in [4.78, 5) is 29.4. The zero-order chi connectivity index (χ0) is 29.6. The van der Waals surface area contributed by atoms with Crippen molar-refractivity contribution in [1.82, 2.24) is 10.2 Å². The Hall–Kier alpha value is -3.36. The lowest BCUT2D eigenvalue weighted by molar-refractivity contribution is -0.140. The van der Waals surface area contributed by atoms with Crippen molar-refractivity contribution in [2.24, 2.45) is 0 Å². The van der Waals surface area contributed by atoms with Crippen LogP contribution in [0, 0.1) is 13.8 Å². The van der Waals surface area contributed by atoms with Gasteiger partial charge in [-0.1, -0.05) is 79.9 Å². The number of benzene rings is 3. The normalized spacial score (nSPS) is 14.4. The van der Waals surface area contributed by atoms with Gasteiger partial charge in [-0.15, -0.1) is 0 Å². The van der Waals surface area contributed by atoms with Gasteiger partial charge >= 0.3 is 0 Å². The number of nitrogens with zero attached hydrogens (tertiary/aromatic N) is 2. The third-order valence-corrected chi connectivity index (χ3v) is 9.75. The number of rotatable bonds is 11. The van der Waals surface area contributed by atoms with Crippen LogP contribution in [-0.4, -0.2) is 43.8 Å². The van der Waals surface area contributed by atoms with E-state index in [1.54, 1.807) is 43.3 Å². The molecule has 1 aliphatic carbocycles. The van der Waals surface area contributed by atoms with Crippen LogP contribution in [-0.2, 0) is 26.2 Å². The fourth-order valence-corrected chi connectivity index (χ4v) is 7.00. The van der Waals surface area contributed by atoms with Crippen molar-refractivity contribution in [3.05, 3.63) is 94.5 Å². The Labute approximate surface area is 248 Å². The van der Waals surface area contributed by atoms with Gasteiger partial charge in [-0.25, -0.2) is 8.42 Å². The summed E-state index contributed by atoms with van der Waals surface area (Å²) in [5.41, 5.74) is 2.84. The largest absolute Gasteiger partial charge is 0.352 e. The highest BCUT2D eigenvalue weighted by molar-refractivity contribution is 7.92. The molecule has 0 aliphatic heterocycles. The van der Waals surface area contributed by atoms with Crippen LogP contribution in [0.15, 0.2) is 77.7 Å². The van der Waals surface area contributed by atoms with E-state index in [0.717, 1.165) is 41.1 Å². The number of nitrogens with one attached hydrogen (secondary N) is 1. The Bertz CT molecular complexity index is 1470. The highest BCUT2D eigenvalue weighted by Crippen LogP contribution is 2.30. The highest BCUT2D eigenvalue weighted by Gasteiger charge is 2.35. The number of carbonyl (C=O) groups is 2. The SMILES string of the molecule is CC[C@H](C(=O)NC1CCCC1)N(Cc1ccccc1C)C(=O)CN(c1cc(Cl)ccc1C)S(=O)(=O)c1ccccc1. The van der Waals surface area contributed by atoms with Gasteiger partial charge in [0, 0.05) is 17.6 Å². The lowest BCUT2D eigenvalue weighted by atomic mass is 10.1. The lowest BCUT2D eigenvalue weighted by Gasteiger charge is -2.34. The molecule has 1 atom stereocenters. The first-order chi connectivity index (χ1) is 19.6. The monoisotopic (exact) mass is 595 g/mol. The molecule has 41 heavy (non-hydrogen) atoms. The number of hydrogen-bond donors (Lipinski definition) is 1. The maximum atomic E-state index is 14.3. The Morgan fingerprint density at radius 1 is 0.951 bits per heavy atom. The number of carbonyl (C=O) groups excluding carboxylic acids is 2. The molecule has 0 aromatic heterocycles. The van der Waals surface area contributed by atoms with E-state index in [0.29, 0.717) is 22.7 Å². The van der Waals surface area contributed by atoms with E-state index in [9.17, 15) is 18.0 Å². The predicted octanol–water partition coefficient (Wildman–Crippen LogP) is 6.02. The molecule has 9 heteroatoms. The smallest absolute Gasteiger partial charge is 0.264 e. The van der Waals surface area contributed by atoms with Gasteiger partial charge in [-0.2, -0.15) is 0 Å². The summed E-state index contributed by atoms with van der Waals surface area (Å²) in [6.45, 7) is 5.29. The minimum absolute atomic E-state index is 0.0589. The van der Waals surface area contributed by atoms with Crippen LogP contribution in [0.1, 0.15) is 55.7 Å². The number of anilines is 1. The van der Waals surface area contributed by atoms with Crippen molar-refractivity contribution in [2.45, 2.75) is 76.4 Å². The highest BCUT2D eigenvalue weighted by atomic mass is 35.5. The molecule has 0 unspecified atom stereocenters. The Morgan fingerprint density at radius 2 is 1.61 bits per heavy atom. The molecule has 3 aromatic rings. The van der Waals surface area contributed by atoms with Crippen LogP contribution in [0.25, 0.3) is 0 Å². The minimum Gasteiger partial charge on any atom is -0.352 e. The minimum atomic E-state index is -4.15. The molecule has 3 aromatic carbocycles. The van der Waals surface area contributed by atoms with E-state index < -0.39 is 28.5 Å². The van der Waals surface area contributed by atoms with Crippen molar-refractivity contribution in [1.29, 1.82) is 0 Å². The summed E-state index contributed by atoms with van der Waals surface area (Å²) in [5.74, 6) is -0.682. The molecule has 0 spiro atoms. The van der Waals surface area contributed by atoms with E-state index in [-0.39, 0.29) is 23.4 Å². The van der Waals surface area contributed by atoms with Gasteiger partial charge in [0.1, 0.15) is 12.6 Å². The summed E-state index contributed by atoms with van der Waals surface area (Å²) in [5, 5.41) is 3.49. The van der Waals surface area contributed by atoms with Crippen LogP contribution in [0.4, 0.5) is 5.69 Å². The van der Waals surface area contributed by atoms with Gasteiger partial charge in [0.15, 0.2) is 0 Å². The van der Waals surface area contributed by atoms with Crippen LogP contribution >= 0.6 is 11.6 Å². The molecular weight excluding hydrogens is 558 g/mol. The van der Waals surface area contributed by atoms with E-state index >= 15 is 0 Å². The summed E-state index contributed by atoms with van der Waals surface area (Å²) >= 11 is 6.31. The zero-order valence-electron chi connectivity index (χ0n) is 23.8. The Balaban J connectivity index is 1.75. The van der Waals surface area contributed by atoms with E-state index in [1.165, 1.54) is 17.0 Å². The fourth-order valence-electron chi connectivity index (χ4n) is 5.34. The number of amides is 2. The second kappa shape index (κ2) is 13.5. The Morgan fingerprint density at radius 3 is 2.27 bits per heavy atom. The average molecular weight is 596 g/mol. The quantitative estimate of drug-likeness (QED) is 0.294. The number of sulfonamides is 1. The summed E-state index contributed by atoms with van der Waals surface area (Å²) in [6.07, 6.45) is 4.37. The summed E-state index contributed by atoms with van der Waals surface area (Å²) in [6, 6.07) is 20.0. The first kappa shape index (κ1) is 30.6. The second-order valence-corrected chi connectivity index (χ2v) is 12.9. The molecule has 4 rings (SSSR count). The third kappa shape index (κ3) is 7.29. The van der Waals surface area contributed by atoms with E-state index in [2.05, 4.69) is 5.32 Å². The Kier molecular flexibility index (Phi) is 10.1.